The van der Waals surface area contributed by atoms with Gasteiger partial charge in [-0.05, 0) is 25.8 Å². The molecule has 1 aliphatic heterocycles. The van der Waals surface area contributed by atoms with Gasteiger partial charge in [0.1, 0.15) is 5.00 Å². The summed E-state index contributed by atoms with van der Waals surface area (Å²) in [6.45, 7) is 8.09. The molecule has 0 radical (unpaired) electrons. The van der Waals surface area contributed by atoms with Gasteiger partial charge in [-0.2, -0.15) is 0 Å². The van der Waals surface area contributed by atoms with Crippen molar-refractivity contribution in [3.05, 3.63) is 16.0 Å². The monoisotopic (exact) mass is 311 g/mol. The molecule has 1 aromatic heterocycles. The van der Waals surface area contributed by atoms with Crippen molar-refractivity contribution in [2.75, 3.05) is 11.9 Å². The first kappa shape index (κ1) is 16.0. The maximum absolute atomic E-state index is 12.3. The third kappa shape index (κ3) is 3.27. The molecule has 2 rings (SSSR count). The molecule has 2 heterocycles. The second-order valence-corrected chi connectivity index (χ2v) is 6.48. The minimum absolute atomic E-state index is 0.196. The van der Waals surface area contributed by atoms with Crippen molar-refractivity contribution >= 4 is 28.2 Å². The molecule has 1 amide bonds. The predicted octanol–water partition coefficient (Wildman–Crippen LogP) is 3.12. The normalized spacial score (nSPS) is 20.8. The summed E-state index contributed by atoms with van der Waals surface area (Å²) in [5, 5.41) is 3.30. The number of rotatable bonds is 4. The zero-order valence-electron chi connectivity index (χ0n) is 12.9. The van der Waals surface area contributed by atoms with Gasteiger partial charge in [0.2, 0.25) is 5.91 Å². The number of hydrogen-bond acceptors (Lipinski definition) is 5. The Kier molecular flexibility index (Phi) is 4.68. The maximum Gasteiger partial charge on any atom is 0.341 e. The van der Waals surface area contributed by atoms with Crippen LogP contribution in [0.15, 0.2) is 0 Å². The minimum atomic E-state index is -0.376. The van der Waals surface area contributed by atoms with Crippen LogP contribution in [-0.4, -0.2) is 24.1 Å². The second-order valence-electron chi connectivity index (χ2n) is 5.38. The van der Waals surface area contributed by atoms with Crippen LogP contribution in [0.2, 0.25) is 0 Å². The van der Waals surface area contributed by atoms with E-state index in [9.17, 15) is 9.59 Å². The smallest absolute Gasteiger partial charge is 0.341 e. The molecule has 1 aromatic rings. The third-order valence-corrected chi connectivity index (χ3v) is 4.83. The molecule has 1 N–H and O–H groups in total. The first-order valence-electron chi connectivity index (χ1n) is 7.13. The van der Waals surface area contributed by atoms with Crippen molar-refractivity contribution in [2.24, 2.45) is 0 Å². The molecule has 0 fully saturated rings. The fraction of sp³-hybridized carbons (Fsp3) is 0.600. The number of hydrogen-bond donors (Lipinski definition) is 1. The Bertz CT molecular complexity index is 566. The van der Waals surface area contributed by atoms with Gasteiger partial charge in [-0.25, -0.2) is 4.79 Å². The van der Waals surface area contributed by atoms with Crippen molar-refractivity contribution in [3.63, 3.8) is 0 Å². The largest absolute Gasteiger partial charge is 0.462 e. The van der Waals surface area contributed by atoms with Crippen LogP contribution in [0.4, 0.5) is 5.00 Å². The van der Waals surface area contributed by atoms with Crippen LogP contribution in [0.5, 0.6) is 0 Å². The van der Waals surface area contributed by atoms with Crippen molar-refractivity contribution < 1.29 is 19.1 Å². The van der Waals surface area contributed by atoms with Crippen LogP contribution in [0.1, 0.15) is 54.9 Å². The Morgan fingerprint density at radius 1 is 1.43 bits per heavy atom. The SMILES string of the molecule is CCOC(=O)c1c(NC(C)=O)sc2c1CC(C)(CC)OC2. The summed E-state index contributed by atoms with van der Waals surface area (Å²) in [7, 11) is 0. The minimum Gasteiger partial charge on any atom is -0.462 e. The van der Waals surface area contributed by atoms with E-state index in [4.69, 9.17) is 9.47 Å². The Balaban J connectivity index is 2.46. The Hall–Kier alpha value is -1.40. The highest BCUT2D eigenvalue weighted by atomic mass is 32.1. The molecular formula is C15H21NO4S. The number of carbonyl (C=O) groups is 2. The molecule has 1 atom stereocenters. The number of fused-ring (bicyclic) bond motifs is 1. The van der Waals surface area contributed by atoms with E-state index in [0.717, 1.165) is 16.9 Å². The van der Waals surface area contributed by atoms with E-state index in [1.165, 1.54) is 18.3 Å². The molecular weight excluding hydrogens is 290 g/mol. The Morgan fingerprint density at radius 2 is 2.14 bits per heavy atom. The quantitative estimate of drug-likeness (QED) is 0.868. The fourth-order valence-corrected chi connectivity index (χ4v) is 3.54. The summed E-state index contributed by atoms with van der Waals surface area (Å²) >= 11 is 1.40. The molecule has 5 nitrogen and oxygen atoms in total. The van der Waals surface area contributed by atoms with Crippen LogP contribution in [0.3, 0.4) is 0 Å². The van der Waals surface area contributed by atoms with Crippen LogP contribution in [0, 0.1) is 0 Å². The predicted molar refractivity (Wildman–Crippen MR) is 81.8 cm³/mol. The highest BCUT2D eigenvalue weighted by molar-refractivity contribution is 7.17. The van der Waals surface area contributed by atoms with E-state index in [-0.39, 0.29) is 17.5 Å². The molecule has 1 unspecified atom stereocenters. The number of esters is 1. The highest BCUT2D eigenvalue weighted by Crippen LogP contribution is 2.41. The van der Waals surface area contributed by atoms with Crippen LogP contribution >= 0.6 is 11.3 Å². The van der Waals surface area contributed by atoms with E-state index >= 15 is 0 Å². The van der Waals surface area contributed by atoms with Gasteiger partial charge in [0, 0.05) is 18.2 Å². The molecule has 6 heteroatoms. The van der Waals surface area contributed by atoms with Crippen molar-refractivity contribution in [1.29, 1.82) is 0 Å². The molecule has 0 aliphatic carbocycles. The lowest BCUT2D eigenvalue weighted by Crippen LogP contribution is -2.34. The number of amides is 1. The van der Waals surface area contributed by atoms with Gasteiger partial charge in [-0.3, -0.25) is 4.79 Å². The third-order valence-electron chi connectivity index (χ3n) is 3.71. The van der Waals surface area contributed by atoms with E-state index in [1.54, 1.807) is 6.92 Å². The summed E-state index contributed by atoms with van der Waals surface area (Å²) in [6, 6.07) is 0. The number of carbonyl (C=O) groups excluding carboxylic acids is 2. The van der Waals surface area contributed by atoms with Crippen molar-refractivity contribution in [1.82, 2.24) is 0 Å². The zero-order chi connectivity index (χ0) is 15.6. The van der Waals surface area contributed by atoms with Crippen LogP contribution in [-0.2, 0) is 27.3 Å². The van der Waals surface area contributed by atoms with Gasteiger partial charge in [-0.15, -0.1) is 11.3 Å². The van der Waals surface area contributed by atoms with Gasteiger partial charge >= 0.3 is 5.97 Å². The number of anilines is 1. The zero-order valence-corrected chi connectivity index (χ0v) is 13.7. The van der Waals surface area contributed by atoms with Gasteiger partial charge < -0.3 is 14.8 Å². The molecule has 0 saturated heterocycles. The standard InChI is InChI=1S/C15H21NO4S/c1-5-15(4)7-10-11(8-20-15)21-13(16-9(3)17)12(10)14(18)19-6-2/h5-8H2,1-4H3,(H,16,17). The molecule has 0 bridgehead atoms. The average molecular weight is 311 g/mol. The summed E-state index contributed by atoms with van der Waals surface area (Å²) < 4.78 is 11.1. The van der Waals surface area contributed by atoms with Crippen LogP contribution in [0.25, 0.3) is 0 Å². The molecule has 0 saturated carbocycles. The topological polar surface area (TPSA) is 64.6 Å². The maximum atomic E-state index is 12.3. The van der Waals surface area contributed by atoms with Crippen LogP contribution < -0.4 is 5.32 Å². The van der Waals surface area contributed by atoms with E-state index < -0.39 is 0 Å². The highest BCUT2D eigenvalue weighted by Gasteiger charge is 2.35. The van der Waals surface area contributed by atoms with Gasteiger partial charge in [-0.1, -0.05) is 6.92 Å². The van der Waals surface area contributed by atoms with E-state index in [1.807, 2.05) is 6.92 Å². The molecule has 21 heavy (non-hydrogen) atoms. The summed E-state index contributed by atoms with van der Waals surface area (Å²) in [5.41, 5.74) is 1.18. The number of nitrogens with one attached hydrogen (secondary N) is 1. The van der Waals surface area contributed by atoms with E-state index in [2.05, 4.69) is 12.2 Å². The van der Waals surface area contributed by atoms with Gasteiger partial charge in [0.05, 0.1) is 24.4 Å². The molecule has 1 aliphatic rings. The lowest BCUT2D eigenvalue weighted by atomic mass is 9.89. The Labute approximate surface area is 128 Å². The molecule has 116 valence electrons. The molecule has 0 spiro atoms. The summed E-state index contributed by atoms with van der Waals surface area (Å²) in [6.07, 6.45) is 1.52. The lowest BCUT2D eigenvalue weighted by molar-refractivity contribution is -0.114. The summed E-state index contributed by atoms with van der Waals surface area (Å²) in [5.74, 6) is -0.572. The fourth-order valence-electron chi connectivity index (χ4n) is 2.37. The summed E-state index contributed by atoms with van der Waals surface area (Å²) in [4.78, 5) is 24.6. The Morgan fingerprint density at radius 3 is 2.71 bits per heavy atom. The van der Waals surface area contributed by atoms with Gasteiger partial charge in [0.15, 0.2) is 0 Å². The van der Waals surface area contributed by atoms with Crippen molar-refractivity contribution in [2.45, 2.75) is 52.7 Å². The molecule has 0 aromatic carbocycles. The first-order valence-corrected chi connectivity index (χ1v) is 7.95. The van der Waals surface area contributed by atoms with E-state index in [0.29, 0.717) is 30.2 Å². The van der Waals surface area contributed by atoms with Gasteiger partial charge in [0.25, 0.3) is 0 Å². The second kappa shape index (κ2) is 6.15. The first-order chi connectivity index (χ1) is 9.90. The lowest BCUT2D eigenvalue weighted by Gasteiger charge is -2.33. The average Bonchev–Trinajstić information content (AvgIpc) is 2.75. The van der Waals surface area contributed by atoms with Crippen molar-refractivity contribution in [3.8, 4) is 0 Å². The number of ether oxygens (including phenoxy) is 2. The number of thiophene rings is 1.